The molecule has 1 radical (unpaired) electrons. The summed E-state index contributed by atoms with van der Waals surface area (Å²) in [6.45, 7) is 3.75. The summed E-state index contributed by atoms with van der Waals surface area (Å²) in [5.41, 5.74) is 3.15. The number of rotatable bonds is 6. The Morgan fingerprint density at radius 3 is 1.19 bits per heavy atom. The fourth-order valence-electron chi connectivity index (χ4n) is 2.33. The van der Waals surface area contributed by atoms with E-state index in [0.29, 0.717) is 0 Å². The molecule has 0 aliphatic heterocycles. The van der Waals surface area contributed by atoms with Crippen LogP contribution in [0.25, 0.3) is 10.8 Å². The van der Waals surface area contributed by atoms with Crippen LogP contribution in [0.1, 0.15) is 24.0 Å². The third-order valence-corrected chi connectivity index (χ3v) is 3.34. The molecule has 3 aromatic heterocycles. The van der Waals surface area contributed by atoms with Crippen LogP contribution in [0, 0.1) is 11.3 Å². The topological polar surface area (TPSA) is 110 Å². The smallest absolute Gasteiger partial charge is 0.753 e. The Bertz CT molecular complexity index is 830. The maximum atomic E-state index is 7.32. The Balaban J connectivity index is 0. The van der Waals surface area contributed by atoms with Gasteiger partial charge in [-0.25, -0.2) is 0 Å². The summed E-state index contributed by atoms with van der Waals surface area (Å²) in [5.74, 6) is 0. The zero-order chi connectivity index (χ0) is 23.2. The Kier molecular flexibility index (Phi) is 22.1. The van der Waals surface area contributed by atoms with Gasteiger partial charge in [-0.2, -0.15) is 15.6 Å². The van der Waals surface area contributed by atoms with Gasteiger partial charge >= 0.3 is 17.1 Å². The molecule has 0 amide bonds. The Morgan fingerprint density at radius 1 is 0.750 bits per heavy atom. The molecule has 0 aliphatic rings. The van der Waals surface area contributed by atoms with E-state index in [0.717, 1.165) is 36.7 Å². The van der Waals surface area contributed by atoms with Gasteiger partial charge in [0.1, 0.15) is 0 Å². The van der Waals surface area contributed by atoms with Crippen molar-refractivity contribution in [2.75, 3.05) is 0 Å². The second-order valence-electron chi connectivity index (χ2n) is 5.51. The molecule has 10 heteroatoms. The molecule has 0 fully saturated rings. The molecular weight excluding hydrogens is 482 g/mol. The second-order valence-corrected chi connectivity index (χ2v) is 5.88. The van der Waals surface area contributed by atoms with Crippen LogP contribution in [0.4, 0.5) is 0 Å². The molecule has 3 rings (SSSR count). The van der Waals surface area contributed by atoms with Gasteiger partial charge < -0.3 is 10.8 Å². The molecule has 0 spiro atoms. The van der Waals surface area contributed by atoms with E-state index in [4.69, 9.17) is 16.1 Å². The minimum atomic E-state index is 0. The summed E-state index contributed by atoms with van der Waals surface area (Å²) in [7, 11) is 0. The number of thiocarbonyl (C=S) groups is 2. The molecule has 3 aromatic rings. The van der Waals surface area contributed by atoms with E-state index in [1.54, 1.807) is 6.07 Å². The quantitative estimate of drug-likeness (QED) is 0.267. The zero-order valence-electron chi connectivity index (χ0n) is 17.4. The van der Waals surface area contributed by atoms with E-state index in [9.17, 15) is 0 Å². The monoisotopic (exact) mass is 503 g/mol. The standard InChI is InChI=1S/C18H18N4.C2H3N.2CNS.Fe/c1-4-10-19-16(7-1)13-22(14-17-8-2-5-11-20-17)15-18-9-3-6-12-21-18;1-2-3;2*2-1-3;/h1-12H,13-15H2;1H3;;;/q;;2*-1;+3. The summed E-state index contributed by atoms with van der Waals surface area (Å²) in [4.78, 5) is 15.6. The molecule has 0 atom stereocenters. The third-order valence-electron chi connectivity index (χ3n) is 3.34. The zero-order valence-corrected chi connectivity index (χ0v) is 20.1. The minimum Gasteiger partial charge on any atom is -0.753 e. The fourth-order valence-corrected chi connectivity index (χ4v) is 2.33. The number of hydrogen-bond acceptors (Lipinski definition) is 7. The van der Waals surface area contributed by atoms with Gasteiger partial charge in [0.15, 0.2) is 0 Å². The van der Waals surface area contributed by atoms with Crippen LogP contribution in [-0.4, -0.2) is 30.2 Å². The largest absolute Gasteiger partial charge is 3.00 e. The average Bonchev–Trinajstić information content (AvgIpc) is 2.78. The van der Waals surface area contributed by atoms with Crippen molar-refractivity contribution >= 4 is 34.8 Å². The van der Waals surface area contributed by atoms with Crippen molar-refractivity contribution in [2.24, 2.45) is 0 Å². The molecule has 0 aliphatic carbocycles. The van der Waals surface area contributed by atoms with Crippen LogP contribution in [-0.2, 0) is 36.7 Å². The number of pyridine rings is 3. The normalized spacial score (nSPS) is 8.16. The van der Waals surface area contributed by atoms with E-state index in [2.05, 4.69) is 44.3 Å². The van der Waals surface area contributed by atoms with Gasteiger partial charge in [-0.3, -0.25) is 19.9 Å². The van der Waals surface area contributed by atoms with Crippen molar-refractivity contribution in [2.45, 2.75) is 26.6 Å². The first kappa shape index (κ1) is 31.2. The maximum Gasteiger partial charge on any atom is 3.00 e. The molecule has 3 heterocycles. The average molecular weight is 503 g/mol. The van der Waals surface area contributed by atoms with Crippen LogP contribution in [0.5, 0.6) is 0 Å². The van der Waals surface area contributed by atoms with Gasteiger partial charge in [0, 0.05) is 45.1 Å². The van der Waals surface area contributed by atoms with Gasteiger partial charge in [0.05, 0.1) is 23.2 Å². The molecule has 0 saturated carbocycles. The molecule has 0 bridgehead atoms. The summed E-state index contributed by atoms with van der Waals surface area (Å²) >= 11 is 7.40. The van der Waals surface area contributed by atoms with E-state index in [1.165, 1.54) is 17.2 Å². The Morgan fingerprint density at radius 2 is 1.00 bits per heavy atom. The van der Waals surface area contributed by atoms with Crippen molar-refractivity contribution < 1.29 is 17.1 Å². The van der Waals surface area contributed by atoms with Crippen LogP contribution < -0.4 is 0 Å². The summed E-state index contributed by atoms with van der Waals surface area (Å²) in [6.07, 6.45) is 5.49. The van der Waals surface area contributed by atoms with Crippen LogP contribution in [0.3, 0.4) is 0 Å². The molecule has 0 N–H and O–H groups in total. The van der Waals surface area contributed by atoms with Crippen molar-refractivity contribution in [3.8, 4) is 6.07 Å². The molecule has 0 saturated heterocycles. The summed E-state index contributed by atoms with van der Waals surface area (Å²) in [5, 5.41) is 24.3. The van der Waals surface area contributed by atoms with Gasteiger partial charge in [-0.15, -0.1) is 0 Å². The third kappa shape index (κ3) is 16.8. The fraction of sp³-hybridized carbons (Fsp3) is 0.182. The number of isothiocyanates is 2. The van der Waals surface area contributed by atoms with Gasteiger partial charge in [-0.05, 0) is 36.4 Å². The molecule has 163 valence electrons. The maximum absolute atomic E-state index is 7.32. The van der Waals surface area contributed by atoms with Gasteiger partial charge in [0.25, 0.3) is 0 Å². The number of hydrogen-bond donors (Lipinski definition) is 0. The first-order chi connectivity index (χ1) is 15.1. The predicted molar refractivity (Wildman–Crippen MR) is 129 cm³/mol. The molecular formula is C22H21FeN7S2+. The Labute approximate surface area is 210 Å². The molecule has 7 nitrogen and oxygen atoms in total. The number of nitriles is 1. The van der Waals surface area contributed by atoms with E-state index in [1.807, 2.05) is 73.2 Å². The second kappa shape index (κ2) is 22.7. The van der Waals surface area contributed by atoms with Crippen LogP contribution in [0.2, 0.25) is 0 Å². The van der Waals surface area contributed by atoms with E-state index >= 15 is 0 Å². The SMILES string of the molecule is CC#N.[Fe+3].[N-]=C=S.[N-]=C=S.c1ccc(CN(Cc2ccccn2)Cc2ccccn2)nc1. The van der Waals surface area contributed by atoms with Crippen molar-refractivity contribution in [1.29, 1.82) is 5.26 Å². The first-order valence-corrected chi connectivity index (χ1v) is 9.72. The van der Waals surface area contributed by atoms with E-state index in [-0.39, 0.29) is 17.1 Å². The molecule has 0 aromatic carbocycles. The van der Waals surface area contributed by atoms with Crippen molar-refractivity contribution in [3.05, 3.63) is 101 Å². The van der Waals surface area contributed by atoms with E-state index < -0.39 is 0 Å². The minimum absolute atomic E-state index is 0. The van der Waals surface area contributed by atoms with Crippen LogP contribution in [0.15, 0.2) is 73.2 Å². The van der Waals surface area contributed by atoms with Crippen LogP contribution >= 0.6 is 24.4 Å². The summed E-state index contributed by atoms with van der Waals surface area (Å²) < 4.78 is 0. The van der Waals surface area contributed by atoms with Crippen molar-refractivity contribution in [1.82, 2.24) is 19.9 Å². The van der Waals surface area contributed by atoms with Gasteiger partial charge in [0.2, 0.25) is 0 Å². The first-order valence-electron chi connectivity index (χ1n) is 8.90. The Hall–Kier alpha value is -2.98. The summed E-state index contributed by atoms with van der Waals surface area (Å²) in [6, 6.07) is 19.7. The van der Waals surface area contributed by atoms with Gasteiger partial charge in [-0.1, -0.05) is 42.6 Å². The molecule has 0 unspecified atom stereocenters. The number of nitrogens with zero attached hydrogens (tertiary/aromatic N) is 7. The molecule has 32 heavy (non-hydrogen) atoms. The predicted octanol–water partition coefficient (Wildman–Crippen LogP) is 4.92. The number of aromatic nitrogens is 3. The van der Waals surface area contributed by atoms with Crippen molar-refractivity contribution in [3.63, 3.8) is 0 Å².